The van der Waals surface area contributed by atoms with E-state index in [9.17, 15) is 0 Å². The molecule has 82 valence electrons. The molecule has 0 aromatic carbocycles. The van der Waals surface area contributed by atoms with Gasteiger partial charge in [0, 0.05) is 25.7 Å². The smallest absolute Gasteiger partial charge is 0.0558 e. The third-order valence-electron chi connectivity index (χ3n) is 2.81. The van der Waals surface area contributed by atoms with Crippen LogP contribution in [-0.4, -0.2) is 42.3 Å². The second-order valence-electron chi connectivity index (χ2n) is 4.10. The van der Waals surface area contributed by atoms with Crippen molar-refractivity contribution in [2.24, 2.45) is 11.7 Å². The molecule has 3 heteroatoms. The van der Waals surface area contributed by atoms with Gasteiger partial charge < -0.3 is 10.8 Å². The van der Waals surface area contributed by atoms with Crippen LogP contribution in [0.1, 0.15) is 19.3 Å². The molecule has 1 rings (SSSR count). The molecule has 0 aliphatic heterocycles. The van der Waals surface area contributed by atoms with Gasteiger partial charge in [-0.3, -0.25) is 4.90 Å². The summed E-state index contributed by atoms with van der Waals surface area (Å²) in [5.74, 6) is 0.773. The minimum absolute atomic E-state index is 0.215. The van der Waals surface area contributed by atoms with Crippen molar-refractivity contribution in [1.82, 2.24) is 4.90 Å². The lowest BCUT2D eigenvalue weighted by Crippen LogP contribution is -2.33. The summed E-state index contributed by atoms with van der Waals surface area (Å²) >= 11 is 0. The summed E-state index contributed by atoms with van der Waals surface area (Å²) in [6.45, 7) is 6.46. The number of hydrogen-bond acceptors (Lipinski definition) is 3. The minimum atomic E-state index is 0.215. The minimum Gasteiger partial charge on any atom is -0.395 e. The van der Waals surface area contributed by atoms with Crippen LogP contribution in [0, 0.1) is 5.92 Å². The predicted molar refractivity (Wildman–Crippen MR) is 59.0 cm³/mol. The van der Waals surface area contributed by atoms with Gasteiger partial charge in [-0.2, -0.15) is 0 Å². The fraction of sp³-hybridized carbons (Fsp3) is 0.818. The molecule has 0 saturated heterocycles. The summed E-state index contributed by atoms with van der Waals surface area (Å²) in [5.41, 5.74) is 6.00. The van der Waals surface area contributed by atoms with E-state index in [2.05, 4.69) is 11.5 Å². The van der Waals surface area contributed by atoms with Crippen LogP contribution in [0.25, 0.3) is 0 Å². The normalized spacial score (nSPS) is 18.5. The van der Waals surface area contributed by atoms with Gasteiger partial charge in [0.2, 0.25) is 0 Å². The van der Waals surface area contributed by atoms with Gasteiger partial charge >= 0.3 is 0 Å². The second kappa shape index (κ2) is 6.17. The Balaban J connectivity index is 2.13. The van der Waals surface area contributed by atoms with Gasteiger partial charge in [0.1, 0.15) is 0 Å². The maximum Gasteiger partial charge on any atom is 0.0558 e. The van der Waals surface area contributed by atoms with Crippen LogP contribution < -0.4 is 5.73 Å². The number of hydrogen-bond donors (Lipinski definition) is 2. The number of aliphatic hydroxyl groups excluding tert-OH is 1. The van der Waals surface area contributed by atoms with Crippen molar-refractivity contribution in [2.75, 3.05) is 26.2 Å². The van der Waals surface area contributed by atoms with Crippen LogP contribution in [-0.2, 0) is 0 Å². The van der Waals surface area contributed by atoms with Crippen molar-refractivity contribution in [3.63, 3.8) is 0 Å². The first-order valence-electron chi connectivity index (χ1n) is 5.47. The van der Waals surface area contributed by atoms with E-state index in [1.165, 1.54) is 12.8 Å². The highest BCUT2D eigenvalue weighted by atomic mass is 16.3. The zero-order chi connectivity index (χ0) is 10.4. The molecular formula is C11H22N2O. The molecule has 1 aliphatic rings. The van der Waals surface area contributed by atoms with Crippen molar-refractivity contribution in [3.05, 3.63) is 12.7 Å². The molecule has 0 spiro atoms. The molecule has 1 saturated carbocycles. The fourth-order valence-corrected chi connectivity index (χ4v) is 1.71. The van der Waals surface area contributed by atoms with Gasteiger partial charge in [-0.1, -0.05) is 6.08 Å². The molecule has 14 heavy (non-hydrogen) atoms. The first kappa shape index (κ1) is 11.7. The standard InChI is InChI=1S/C11H22N2O/c1-2-6-13(8-9-14)7-5-11(12)10-3-4-10/h2,10-11,14H,1,3-9,12H2. The van der Waals surface area contributed by atoms with Gasteiger partial charge in [-0.05, 0) is 25.2 Å². The van der Waals surface area contributed by atoms with Crippen LogP contribution in [0.3, 0.4) is 0 Å². The third-order valence-corrected chi connectivity index (χ3v) is 2.81. The highest BCUT2D eigenvalue weighted by Gasteiger charge is 2.28. The molecule has 0 amide bonds. The van der Waals surface area contributed by atoms with Crippen LogP contribution in [0.15, 0.2) is 12.7 Å². The maximum atomic E-state index is 8.84. The predicted octanol–water partition coefficient (Wildman–Crippen LogP) is 0.594. The van der Waals surface area contributed by atoms with E-state index < -0.39 is 0 Å². The molecule has 0 radical (unpaired) electrons. The van der Waals surface area contributed by atoms with Crippen LogP contribution >= 0.6 is 0 Å². The maximum absolute atomic E-state index is 8.84. The molecule has 3 nitrogen and oxygen atoms in total. The van der Waals surface area contributed by atoms with Crippen LogP contribution in [0.2, 0.25) is 0 Å². The number of rotatable bonds is 8. The Hall–Kier alpha value is -0.380. The average molecular weight is 198 g/mol. The van der Waals surface area contributed by atoms with E-state index in [0.29, 0.717) is 6.04 Å². The number of aliphatic hydroxyl groups is 1. The van der Waals surface area contributed by atoms with Gasteiger partial charge in [0.15, 0.2) is 0 Å². The topological polar surface area (TPSA) is 49.5 Å². The molecule has 0 aromatic heterocycles. The van der Waals surface area contributed by atoms with Crippen LogP contribution in [0.5, 0.6) is 0 Å². The summed E-state index contributed by atoms with van der Waals surface area (Å²) in [5, 5.41) is 8.84. The summed E-state index contributed by atoms with van der Waals surface area (Å²) in [7, 11) is 0. The molecular weight excluding hydrogens is 176 g/mol. The Bertz CT molecular complexity index is 169. The van der Waals surface area contributed by atoms with Crippen molar-refractivity contribution in [3.8, 4) is 0 Å². The molecule has 1 aliphatic carbocycles. The van der Waals surface area contributed by atoms with Crippen LogP contribution in [0.4, 0.5) is 0 Å². The Morgan fingerprint density at radius 3 is 2.71 bits per heavy atom. The highest BCUT2D eigenvalue weighted by Crippen LogP contribution is 2.32. The Labute approximate surface area is 86.6 Å². The molecule has 1 unspecified atom stereocenters. The summed E-state index contributed by atoms with van der Waals surface area (Å²) in [6, 6.07) is 0.362. The SMILES string of the molecule is C=CCN(CCO)CCC(N)C1CC1. The quantitative estimate of drug-likeness (QED) is 0.561. The lowest BCUT2D eigenvalue weighted by atomic mass is 10.1. The van der Waals surface area contributed by atoms with Gasteiger partial charge in [0.25, 0.3) is 0 Å². The zero-order valence-corrected chi connectivity index (χ0v) is 8.86. The second-order valence-corrected chi connectivity index (χ2v) is 4.10. The van der Waals surface area contributed by atoms with Crippen molar-refractivity contribution in [2.45, 2.75) is 25.3 Å². The molecule has 1 fully saturated rings. The van der Waals surface area contributed by atoms with Gasteiger partial charge in [-0.15, -0.1) is 6.58 Å². The lowest BCUT2D eigenvalue weighted by Gasteiger charge is -2.21. The zero-order valence-electron chi connectivity index (χ0n) is 8.86. The van der Waals surface area contributed by atoms with E-state index in [1.807, 2.05) is 6.08 Å². The molecule has 0 bridgehead atoms. The van der Waals surface area contributed by atoms with E-state index in [1.54, 1.807) is 0 Å². The van der Waals surface area contributed by atoms with E-state index >= 15 is 0 Å². The van der Waals surface area contributed by atoms with Crippen molar-refractivity contribution in [1.29, 1.82) is 0 Å². The van der Waals surface area contributed by atoms with E-state index in [0.717, 1.165) is 32.0 Å². The van der Waals surface area contributed by atoms with Gasteiger partial charge in [0.05, 0.1) is 6.61 Å². The average Bonchev–Trinajstić information content (AvgIpc) is 2.97. The number of nitrogens with two attached hydrogens (primary N) is 1. The summed E-state index contributed by atoms with van der Waals surface area (Å²) in [6.07, 6.45) is 5.53. The van der Waals surface area contributed by atoms with Crippen molar-refractivity contribution >= 4 is 0 Å². The lowest BCUT2D eigenvalue weighted by molar-refractivity contribution is 0.203. The Morgan fingerprint density at radius 2 is 2.21 bits per heavy atom. The molecule has 0 aromatic rings. The largest absolute Gasteiger partial charge is 0.395 e. The first-order chi connectivity index (χ1) is 6.77. The number of nitrogens with zero attached hydrogens (tertiary/aromatic N) is 1. The molecule has 3 N–H and O–H groups in total. The highest BCUT2D eigenvalue weighted by molar-refractivity contribution is 4.85. The van der Waals surface area contributed by atoms with Crippen molar-refractivity contribution < 1.29 is 5.11 Å². The van der Waals surface area contributed by atoms with E-state index in [4.69, 9.17) is 10.8 Å². The summed E-state index contributed by atoms with van der Waals surface area (Å²) in [4.78, 5) is 2.19. The van der Waals surface area contributed by atoms with E-state index in [-0.39, 0.29) is 6.61 Å². The molecule has 1 atom stereocenters. The Morgan fingerprint density at radius 1 is 1.50 bits per heavy atom. The molecule has 0 heterocycles. The first-order valence-corrected chi connectivity index (χ1v) is 5.47. The van der Waals surface area contributed by atoms with Gasteiger partial charge in [-0.25, -0.2) is 0 Å². The Kier molecular flexibility index (Phi) is 5.15. The monoisotopic (exact) mass is 198 g/mol. The third kappa shape index (κ3) is 4.22. The summed E-state index contributed by atoms with van der Waals surface area (Å²) < 4.78 is 0. The fourth-order valence-electron chi connectivity index (χ4n) is 1.71.